The topological polar surface area (TPSA) is 29.1 Å². The quantitative estimate of drug-likeness (QED) is 0.598. The first-order valence-corrected chi connectivity index (χ1v) is 6.79. The number of hydrogen-bond donors (Lipinski definition) is 1. The van der Waals surface area contributed by atoms with Gasteiger partial charge in [-0.3, -0.25) is 4.79 Å². The van der Waals surface area contributed by atoms with Crippen LogP contribution in [0, 0.1) is 5.41 Å². The Kier molecular flexibility index (Phi) is 5.39. The molecule has 1 rings (SSSR count). The third-order valence-corrected chi connectivity index (χ3v) is 3.37. The Morgan fingerprint density at radius 3 is 2.72 bits per heavy atom. The molecule has 0 aromatic rings. The van der Waals surface area contributed by atoms with E-state index in [1.54, 1.807) is 0 Å². The summed E-state index contributed by atoms with van der Waals surface area (Å²) in [4.78, 5) is 12.0. The number of ketones is 1. The molecule has 0 bridgehead atoms. The molecule has 18 heavy (non-hydrogen) atoms. The van der Waals surface area contributed by atoms with Crippen molar-refractivity contribution in [1.82, 2.24) is 5.32 Å². The van der Waals surface area contributed by atoms with Crippen LogP contribution in [0.25, 0.3) is 0 Å². The van der Waals surface area contributed by atoms with Crippen molar-refractivity contribution in [2.24, 2.45) is 5.41 Å². The van der Waals surface area contributed by atoms with Gasteiger partial charge in [-0.1, -0.05) is 32.9 Å². The average Bonchev–Trinajstić information content (AvgIpc) is 2.30. The first-order valence-electron chi connectivity index (χ1n) is 6.79. The highest BCUT2D eigenvalue weighted by atomic mass is 16.1. The van der Waals surface area contributed by atoms with E-state index in [1.165, 1.54) is 0 Å². The summed E-state index contributed by atoms with van der Waals surface area (Å²) in [7, 11) is 0. The molecule has 1 fully saturated rings. The Bertz CT molecular complexity index is 386. The minimum absolute atomic E-state index is 0.169. The number of Topliss-reactive ketones (excluding diaryl/α,β-unsaturated/α-hetero) is 1. The second-order valence-electron chi connectivity index (χ2n) is 5.65. The smallest absolute Gasteiger partial charge is 0.160 e. The highest BCUT2D eigenvalue weighted by molar-refractivity contribution is 5.96. The van der Waals surface area contributed by atoms with Gasteiger partial charge >= 0.3 is 0 Å². The Morgan fingerprint density at radius 2 is 2.17 bits per heavy atom. The molecule has 0 aliphatic heterocycles. The molecule has 0 unspecified atom stereocenters. The molecule has 0 atom stereocenters. The van der Waals surface area contributed by atoms with Crippen molar-refractivity contribution in [3.8, 4) is 0 Å². The third-order valence-electron chi connectivity index (χ3n) is 3.37. The fourth-order valence-corrected chi connectivity index (χ4v) is 2.06. The highest BCUT2D eigenvalue weighted by Gasteiger charge is 2.29. The van der Waals surface area contributed by atoms with Crippen LogP contribution in [-0.2, 0) is 4.79 Å². The van der Waals surface area contributed by atoms with Gasteiger partial charge in [0.25, 0.3) is 0 Å². The van der Waals surface area contributed by atoms with Crippen molar-refractivity contribution in [3.05, 3.63) is 35.7 Å². The van der Waals surface area contributed by atoms with Crippen LogP contribution in [0.4, 0.5) is 0 Å². The zero-order valence-corrected chi connectivity index (χ0v) is 12.0. The summed E-state index contributed by atoms with van der Waals surface area (Å²) in [5.41, 5.74) is 2.25. The van der Waals surface area contributed by atoms with Crippen LogP contribution < -0.4 is 5.32 Å². The van der Waals surface area contributed by atoms with E-state index in [0.29, 0.717) is 12.2 Å². The van der Waals surface area contributed by atoms with E-state index in [9.17, 15) is 4.79 Å². The molecular formula is C16H25NO. The Labute approximate surface area is 111 Å². The van der Waals surface area contributed by atoms with Crippen LogP contribution in [0.1, 0.15) is 53.4 Å². The van der Waals surface area contributed by atoms with E-state index in [-0.39, 0.29) is 5.41 Å². The number of hydrogen-bond acceptors (Lipinski definition) is 2. The van der Waals surface area contributed by atoms with Gasteiger partial charge in [0, 0.05) is 23.9 Å². The largest absolute Gasteiger partial charge is 0.365 e. The van der Waals surface area contributed by atoms with Crippen LogP contribution in [0.5, 0.6) is 0 Å². The summed E-state index contributed by atoms with van der Waals surface area (Å²) in [5, 5.41) is 3.26. The molecule has 0 spiro atoms. The van der Waals surface area contributed by atoms with Crippen LogP contribution in [0.2, 0.25) is 0 Å². The predicted octanol–water partition coefficient (Wildman–Crippen LogP) is 4.11. The Hall–Kier alpha value is -1.31. The first kappa shape index (κ1) is 14.7. The maximum absolute atomic E-state index is 12.0. The molecule has 0 saturated heterocycles. The molecular weight excluding hydrogens is 222 g/mol. The molecule has 0 heterocycles. The zero-order valence-electron chi connectivity index (χ0n) is 12.0. The fourth-order valence-electron chi connectivity index (χ4n) is 2.06. The second-order valence-corrected chi connectivity index (χ2v) is 5.65. The normalized spacial score (nSPS) is 22.8. The minimum atomic E-state index is 0.169. The SMILES string of the molecule is C/C=C\C=C(/CC)N/C=C1/CCC(C)(C)CC1=O. The molecule has 0 radical (unpaired) electrons. The van der Waals surface area contributed by atoms with Gasteiger partial charge in [0.1, 0.15) is 0 Å². The van der Waals surface area contributed by atoms with E-state index < -0.39 is 0 Å². The van der Waals surface area contributed by atoms with Gasteiger partial charge in [0.05, 0.1) is 0 Å². The average molecular weight is 247 g/mol. The number of rotatable bonds is 4. The van der Waals surface area contributed by atoms with Gasteiger partial charge in [-0.05, 0) is 37.7 Å². The van der Waals surface area contributed by atoms with E-state index in [4.69, 9.17) is 0 Å². The van der Waals surface area contributed by atoms with Gasteiger partial charge in [-0.15, -0.1) is 0 Å². The van der Waals surface area contributed by atoms with E-state index in [2.05, 4.69) is 26.1 Å². The molecule has 2 heteroatoms. The summed E-state index contributed by atoms with van der Waals surface area (Å²) in [6.45, 7) is 8.43. The van der Waals surface area contributed by atoms with Gasteiger partial charge in [-0.25, -0.2) is 0 Å². The highest BCUT2D eigenvalue weighted by Crippen LogP contribution is 2.35. The van der Waals surface area contributed by atoms with Crippen LogP contribution >= 0.6 is 0 Å². The van der Waals surface area contributed by atoms with Crippen molar-refractivity contribution in [2.45, 2.75) is 53.4 Å². The fraction of sp³-hybridized carbons (Fsp3) is 0.562. The minimum Gasteiger partial charge on any atom is -0.365 e. The van der Waals surface area contributed by atoms with Gasteiger partial charge in [0.15, 0.2) is 5.78 Å². The molecule has 1 aliphatic rings. The van der Waals surface area contributed by atoms with E-state index in [1.807, 2.05) is 31.4 Å². The molecule has 1 N–H and O–H groups in total. The van der Waals surface area contributed by atoms with Crippen LogP contribution in [-0.4, -0.2) is 5.78 Å². The summed E-state index contributed by atoms with van der Waals surface area (Å²) in [6, 6.07) is 0. The molecule has 100 valence electrons. The molecule has 0 amide bonds. The van der Waals surface area contributed by atoms with Gasteiger partial charge in [-0.2, -0.15) is 0 Å². The lowest BCUT2D eigenvalue weighted by Crippen LogP contribution is -2.25. The molecule has 0 aromatic heterocycles. The molecule has 1 aliphatic carbocycles. The number of carbonyl (C=O) groups is 1. The van der Waals surface area contributed by atoms with Crippen molar-refractivity contribution in [1.29, 1.82) is 0 Å². The lowest BCUT2D eigenvalue weighted by Gasteiger charge is -2.29. The Balaban J connectivity index is 2.65. The monoisotopic (exact) mass is 247 g/mol. The molecule has 0 aromatic carbocycles. The third kappa shape index (κ3) is 4.52. The number of carbonyl (C=O) groups excluding carboxylic acids is 1. The predicted molar refractivity (Wildman–Crippen MR) is 77.0 cm³/mol. The summed E-state index contributed by atoms with van der Waals surface area (Å²) < 4.78 is 0. The summed E-state index contributed by atoms with van der Waals surface area (Å²) in [6.07, 6.45) is 11.5. The van der Waals surface area contributed by atoms with Crippen molar-refractivity contribution in [3.63, 3.8) is 0 Å². The van der Waals surface area contributed by atoms with Crippen molar-refractivity contribution in [2.75, 3.05) is 0 Å². The van der Waals surface area contributed by atoms with Crippen LogP contribution in [0.15, 0.2) is 35.7 Å². The maximum Gasteiger partial charge on any atom is 0.160 e. The van der Waals surface area contributed by atoms with Crippen LogP contribution in [0.3, 0.4) is 0 Å². The van der Waals surface area contributed by atoms with E-state index >= 15 is 0 Å². The number of nitrogens with one attached hydrogen (secondary N) is 1. The lowest BCUT2D eigenvalue weighted by molar-refractivity contribution is -0.118. The standard InChI is InChI=1S/C16H25NO/c1-5-7-8-14(6-2)17-12-13-9-10-16(3,4)11-15(13)18/h5,7-8,12,17H,6,9-11H2,1-4H3/b7-5-,13-12-,14-8+. The van der Waals surface area contributed by atoms with E-state index in [0.717, 1.165) is 30.5 Å². The summed E-state index contributed by atoms with van der Waals surface area (Å²) in [5.74, 6) is 0.292. The lowest BCUT2D eigenvalue weighted by atomic mass is 9.75. The second kappa shape index (κ2) is 6.58. The number of allylic oxidation sites excluding steroid dienone is 5. The van der Waals surface area contributed by atoms with Crippen molar-refractivity contribution >= 4 is 5.78 Å². The van der Waals surface area contributed by atoms with Gasteiger partial charge < -0.3 is 5.32 Å². The molecule has 1 saturated carbocycles. The molecule has 2 nitrogen and oxygen atoms in total. The first-order chi connectivity index (χ1) is 8.48. The Morgan fingerprint density at radius 1 is 1.44 bits per heavy atom. The maximum atomic E-state index is 12.0. The van der Waals surface area contributed by atoms with Gasteiger partial charge in [0.2, 0.25) is 0 Å². The zero-order chi connectivity index (χ0) is 13.6. The van der Waals surface area contributed by atoms with Crippen molar-refractivity contribution < 1.29 is 4.79 Å². The summed E-state index contributed by atoms with van der Waals surface area (Å²) >= 11 is 0.